The van der Waals surface area contributed by atoms with E-state index in [9.17, 15) is 10.1 Å². The lowest BCUT2D eigenvalue weighted by molar-refractivity contribution is 0.102. The van der Waals surface area contributed by atoms with Crippen LogP contribution in [0.3, 0.4) is 0 Å². The lowest BCUT2D eigenvalue weighted by Crippen LogP contribution is -2.12. The summed E-state index contributed by atoms with van der Waals surface area (Å²) in [7, 11) is 0. The van der Waals surface area contributed by atoms with Crippen LogP contribution in [0.25, 0.3) is 22.5 Å². The first kappa shape index (κ1) is 20.6. The van der Waals surface area contributed by atoms with E-state index in [0.29, 0.717) is 21.4 Å². The van der Waals surface area contributed by atoms with Crippen LogP contribution in [0.5, 0.6) is 0 Å². The van der Waals surface area contributed by atoms with Crippen molar-refractivity contribution < 1.29 is 9.21 Å². The van der Waals surface area contributed by atoms with Gasteiger partial charge in [0.15, 0.2) is 0 Å². The Hall–Kier alpha value is -3.69. The van der Waals surface area contributed by atoms with E-state index in [-0.39, 0.29) is 11.4 Å². The average Bonchev–Trinajstić information content (AvgIpc) is 3.12. The van der Waals surface area contributed by atoms with Crippen molar-refractivity contribution in [2.24, 2.45) is 0 Å². The van der Waals surface area contributed by atoms with Crippen LogP contribution in [0.1, 0.15) is 27.0 Å². The predicted molar refractivity (Wildman–Crippen MR) is 124 cm³/mol. The van der Waals surface area contributed by atoms with Crippen LogP contribution in [0.4, 0.5) is 5.88 Å². The lowest BCUT2D eigenvalue weighted by Gasteiger charge is -2.05. The van der Waals surface area contributed by atoms with Crippen LogP contribution in [0, 0.1) is 25.2 Å². The monoisotopic (exact) mass is 471 g/mol. The summed E-state index contributed by atoms with van der Waals surface area (Å²) < 4.78 is 6.76. The topological polar surface area (TPSA) is 78.9 Å². The molecule has 1 N–H and O–H groups in total. The molecule has 0 spiro atoms. The van der Waals surface area contributed by atoms with Crippen LogP contribution < -0.4 is 5.32 Å². The Morgan fingerprint density at radius 2 is 1.61 bits per heavy atom. The average molecular weight is 472 g/mol. The summed E-state index contributed by atoms with van der Waals surface area (Å²) in [6.07, 6.45) is 3.05. The number of benzene rings is 2. The van der Waals surface area contributed by atoms with Crippen molar-refractivity contribution in [1.29, 1.82) is 5.26 Å². The third-order valence-electron chi connectivity index (χ3n) is 4.87. The number of amides is 1. The third kappa shape index (κ3) is 4.27. The van der Waals surface area contributed by atoms with Gasteiger partial charge >= 0.3 is 0 Å². The Labute approximate surface area is 188 Å². The van der Waals surface area contributed by atoms with E-state index >= 15 is 0 Å². The van der Waals surface area contributed by atoms with E-state index in [4.69, 9.17) is 4.42 Å². The molecule has 2 aromatic carbocycles. The Morgan fingerprint density at radius 3 is 2.19 bits per heavy atom. The molecule has 0 saturated heterocycles. The molecule has 0 atom stereocenters. The Kier molecular flexibility index (Phi) is 5.70. The number of aryl methyl sites for hydroxylation is 2. The van der Waals surface area contributed by atoms with Gasteiger partial charge in [0.25, 0.3) is 5.91 Å². The maximum absolute atomic E-state index is 12.8. The molecule has 152 valence electrons. The van der Waals surface area contributed by atoms with Crippen molar-refractivity contribution >= 4 is 27.7 Å². The number of nitrogens with zero attached hydrogens (tertiary/aromatic N) is 2. The smallest absolute Gasteiger partial charge is 0.259 e. The normalized spacial score (nSPS) is 10.5. The molecule has 0 saturated carbocycles. The van der Waals surface area contributed by atoms with Crippen molar-refractivity contribution in [2.45, 2.75) is 13.8 Å². The quantitative estimate of drug-likeness (QED) is 0.367. The highest BCUT2D eigenvalue weighted by Crippen LogP contribution is 2.41. The maximum Gasteiger partial charge on any atom is 0.259 e. The van der Waals surface area contributed by atoms with Crippen LogP contribution >= 0.6 is 15.9 Å². The zero-order valence-corrected chi connectivity index (χ0v) is 18.5. The second-order valence-corrected chi connectivity index (χ2v) is 8.12. The minimum absolute atomic E-state index is 0.110. The fourth-order valence-corrected chi connectivity index (χ4v) is 3.61. The van der Waals surface area contributed by atoms with E-state index < -0.39 is 5.91 Å². The highest BCUT2D eigenvalue weighted by molar-refractivity contribution is 9.10. The van der Waals surface area contributed by atoms with E-state index in [0.717, 1.165) is 22.3 Å². The Morgan fingerprint density at radius 1 is 1.00 bits per heavy atom. The summed E-state index contributed by atoms with van der Waals surface area (Å²) in [5.41, 5.74) is 5.16. The van der Waals surface area contributed by atoms with Gasteiger partial charge in [0, 0.05) is 28.0 Å². The zero-order chi connectivity index (χ0) is 22.0. The number of nitriles is 1. The summed E-state index contributed by atoms with van der Waals surface area (Å²) in [6.45, 7) is 4.01. The molecule has 0 fully saturated rings. The van der Waals surface area contributed by atoms with Gasteiger partial charge in [0.1, 0.15) is 17.4 Å². The van der Waals surface area contributed by atoms with Gasteiger partial charge in [-0.3, -0.25) is 15.1 Å². The third-order valence-corrected chi connectivity index (χ3v) is 5.30. The molecule has 1 amide bonds. The molecule has 0 aliphatic heterocycles. The molecule has 31 heavy (non-hydrogen) atoms. The number of hydrogen-bond acceptors (Lipinski definition) is 4. The molecule has 5 nitrogen and oxygen atoms in total. The van der Waals surface area contributed by atoms with E-state index in [1.807, 2.05) is 62.4 Å². The largest absolute Gasteiger partial charge is 0.438 e. The van der Waals surface area contributed by atoms with Gasteiger partial charge in [-0.2, -0.15) is 5.26 Å². The number of rotatable bonds is 4. The van der Waals surface area contributed by atoms with E-state index in [1.165, 1.54) is 6.20 Å². The molecule has 0 bridgehead atoms. The number of pyridine rings is 1. The van der Waals surface area contributed by atoms with Crippen LogP contribution in [-0.2, 0) is 0 Å². The molecular weight excluding hydrogens is 454 g/mol. The second kappa shape index (κ2) is 8.58. The van der Waals surface area contributed by atoms with Crippen molar-refractivity contribution in [3.8, 4) is 28.5 Å². The number of carbonyl (C=O) groups excluding carboxylic acids is 1. The summed E-state index contributed by atoms with van der Waals surface area (Å²) in [4.78, 5) is 16.8. The molecule has 4 rings (SSSR count). The van der Waals surface area contributed by atoms with Crippen molar-refractivity contribution in [3.63, 3.8) is 0 Å². The molecule has 4 aromatic rings. The number of anilines is 1. The first-order valence-electron chi connectivity index (χ1n) is 9.59. The number of furan rings is 1. The number of nitrogens with one attached hydrogen (secondary N) is 1. The van der Waals surface area contributed by atoms with Gasteiger partial charge in [-0.15, -0.1) is 0 Å². The Balaban J connectivity index is 1.85. The van der Waals surface area contributed by atoms with Crippen LogP contribution in [-0.4, -0.2) is 10.9 Å². The highest BCUT2D eigenvalue weighted by atomic mass is 79.9. The highest BCUT2D eigenvalue weighted by Gasteiger charge is 2.24. The fraction of sp³-hybridized carbons (Fsp3) is 0.0800. The van der Waals surface area contributed by atoms with Crippen molar-refractivity contribution in [1.82, 2.24) is 4.98 Å². The van der Waals surface area contributed by atoms with Gasteiger partial charge in [-0.25, -0.2) is 0 Å². The van der Waals surface area contributed by atoms with Gasteiger partial charge in [0.05, 0.1) is 5.56 Å². The van der Waals surface area contributed by atoms with Gasteiger partial charge < -0.3 is 4.42 Å². The fourth-order valence-electron chi connectivity index (χ4n) is 3.24. The molecular formula is C25H18BrN3O2. The van der Waals surface area contributed by atoms with E-state index in [1.54, 1.807) is 12.3 Å². The second-order valence-electron chi connectivity index (χ2n) is 7.20. The first-order chi connectivity index (χ1) is 15.0. The van der Waals surface area contributed by atoms with Crippen LogP contribution in [0.2, 0.25) is 0 Å². The summed E-state index contributed by atoms with van der Waals surface area (Å²) in [6, 6.07) is 19.6. The van der Waals surface area contributed by atoms with E-state index in [2.05, 4.69) is 32.3 Å². The predicted octanol–water partition coefficient (Wildman–Crippen LogP) is 6.51. The lowest BCUT2D eigenvalue weighted by atomic mass is 9.97. The number of aromatic nitrogens is 1. The maximum atomic E-state index is 12.8. The minimum Gasteiger partial charge on any atom is -0.438 e. The Bertz CT molecular complexity index is 1300. The van der Waals surface area contributed by atoms with Gasteiger partial charge in [0.2, 0.25) is 5.88 Å². The van der Waals surface area contributed by atoms with Crippen LogP contribution in [0.15, 0.2) is 75.9 Å². The molecule has 0 radical (unpaired) electrons. The summed E-state index contributed by atoms with van der Waals surface area (Å²) in [5.74, 6) is 0.228. The molecule has 2 aromatic heterocycles. The number of hydrogen-bond donors (Lipinski definition) is 1. The summed E-state index contributed by atoms with van der Waals surface area (Å²) >= 11 is 3.31. The summed E-state index contributed by atoms with van der Waals surface area (Å²) in [5, 5.41) is 12.7. The molecule has 0 aliphatic rings. The number of halogens is 1. The standard InChI is InChI=1S/C25H18BrN3O2/c1-15-3-7-17(8-4-15)22-21(12-27)25(29-24(30)19-11-20(26)14-28-13-19)31-23(22)18-9-5-16(2)6-10-18/h3-11,13-14H,1-2H3,(H,29,30). The first-order valence-corrected chi connectivity index (χ1v) is 10.4. The molecule has 6 heteroatoms. The van der Waals surface area contributed by atoms with Gasteiger partial charge in [-0.1, -0.05) is 59.7 Å². The van der Waals surface area contributed by atoms with Crippen molar-refractivity contribution in [2.75, 3.05) is 5.32 Å². The molecule has 2 heterocycles. The SMILES string of the molecule is Cc1ccc(-c2oc(NC(=O)c3cncc(Br)c3)c(C#N)c2-c2ccc(C)cc2)cc1. The van der Waals surface area contributed by atoms with Crippen molar-refractivity contribution in [3.05, 3.63) is 93.7 Å². The molecule has 0 aliphatic carbocycles. The molecule has 0 unspecified atom stereocenters. The van der Waals surface area contributed by atoms with Gasteiger partial charge in [-0.05, 0) is 41.4 Å². The minimum atomic E-state index is -0.412. The zero-order valence-electron chi connectivity index (χ0n) is 16.9. The number of carbonyl (C=O) groups is 1.